The standard InChI is InChI=1S/C13H12ClN3O2/c1-19-12-7-9(15)2-3-10(12)17-13(18)11-6-8(14)4-5-16-11/h2-7H,15H2,1H3,(H,17,18). The molecule has 0 fully saturated rings. The van der Waals surface area contributed by atoms with Crippen LogP contribution in [0.15, 0.2) is 36.5 Å². The number of nitrogens with two attached hydrogens (primary N) is 1. The summed E-state index contributed by atoms with van der Waals surface area (Å²) >= 11 is 5.81. The van der Waals surface area contributed by atoms with Gasteiger partial charge in [0.2, 0.25) is 0 Å². The van der Waals surface area contributed by atoms with Gasteiger partial charge in [-0.25, -0.2) is 0 Å². The molecule has 2 rings (SSSR count). The molecule has 2 aromatic rings. The second kappa shape index (κ2) is 5.58. The summed E-state index contributed by atoms with van der Waals surface area (Å²) < 4.78 is 5.15. The van der Waals surface area contributed by atoms with E-state index < -0.39 is 0 Å². The number of amides is 1. The van der Waals surface area contributed by atoms with E-state index in [1.807, 2.05) is 0 Å². The van der Waals surface area contributed by atoms with Gasteiger partial charge >= 0.3 is 0 Å². The molecule has 1 aromatic heterocycles. The first kappa shape index (κ1) is 13.2. The fourth-order valence-electron chi connectivity index (χ4n) is 1.53. The third-order valence-electron chi connectivity index (χ3n) is 2.43. The van der Waals surface area contributed by atoms with Crippen LogP contribution in [0.2, 0.25) is 5.02 Å². The Hall–Kier alpha value is -2.27. The molecule has 98 valence electrons. The minimum absolute atomic E-state index is 0.228. The molecule has 0 unspecified atom stereocenters. The van der Waals surface area contributed by atoms with Crippen LogP contribution in [0.5, 0.6) is 5.75 Å². The number of methoxy groups -OCH3 is 1. The Labute approximate surface area is 115 Å². The van der Waals surface area contributed by atoms with Crippen LogP contribution >= 0.6 is 11.6 Å². The Bertz CT molecular complexity index is 617. The molecule has 1 aromatic carbocycles. The van der Waals surface area contributed by atoms with Crippen molar-refractivity contribution < 1.29 is 9.53 Å². The lowest BCUT2D eigenvalue weighted by Crippen LogP contribution is -2.14. The Morgan fingerprint density at radius 3 is 2.84 bits per heavy atom. The van der Waals surface area contributed by atoms with E-state index in [0.717, 1.165) is 0 Å². The average Bonchev–Trinajstić information content (AvgIpc) is 2.40. The maximum absolute atomic E-state index is 12.0. The number of benzene rings is 1. The van der Waals surface area contributed by atoms with Gasteiger partial charge in [0.1, 0.15) is 11.4 Å². The minimum Gasteiger partial charge on any atom is -0.494 e. The molecule has 1 heterocycles. The van der Waals surface area contributed by atoms with Crippen molar-refractivity contribution in [2.24, 2.45) is 0 Å². The number of pyridine rings is 1. The molecule has 0 saturated carbocycles. The van der Waals surface area contributed by atoms with Crippen molar-refractivity contribution in [1.29, 1.82) is 0 Å². The van der Waals surface area contributed by atoms with Crippen molar-refractivity contribution >= 4 is 28.9 Å². The molecule has 1 amide bonds. The van der Waals surface area contributed by atoms with Gasteiger partial charge in [-0.05, 0) is 24.3 Å². The molecule has 0 aliphatic heterocycles. The van der Waals surface area contributed by atoms with Crippen LogP contribution in [0.3, 0.4) is 0 Å². The van der Waals surface area contributed by atoms with Crippen LogP contribution in [-0.4, -0.2) is 18.0 Å². The zero-order chi connectivity index (χ0) is 13.8. The second-order valence-corrected chi connectivity index (χ2v) is 4.21. The lowest BCUT2D eigenvalue weighted by atomic mass is 10.2. The Kier molecular flexibility index (Phi) is 3.87. The number of carbonyl (C=O) groups excluding carboxylic acids is 1. The summed E-state index contributed by atoms with van der Waals surface area (Å²) in [6, 6.07) is 8.05. The van der Waals surface area contributed by atoms with Gasteiger partial charge < -0.3 is 15.8 Å². The third kappa shape index (κ3) is 3.14. The van der Waals surface area contributed by atoms with E-state index in [0.29, 0.717) is 22.1 Å². The smallest absolute Gasteiger partial charge is 0.274 e. The highest BCUT2D eigenvalue weighted by atomic mass is 35.5. The maximum Gasteiger partial charge on any atom is 0.274 e. The van der Waals surface area contributed by atoms with Crippen LogP contribution in [0.4, 0.5) is 11.4 Å². The monoisotopic (exact) mass is 277 g/mol. The average molecular weight is 278 g/mol. The fourth-order valence-corrected chi connectivity index (χ4v) is 1.69. The van der Waals surface area contributed by atoms with Crippen LogP contribution in [0.1, 0.15) is 10.5 Å². The molecule has 19 heavy (non-hydrogen) atoms. The molecule has 0 bridgehead atoms. The van der Waals surface area contributed by atoms with Crippen LogP contribution < -0.4 is 15.8 Å². The predicted octanol–water partition coefficient (Wildman–Crippen LogP) is 2.58. The van der Waals surface area contributed by atoms with Crippen molar-refractivity contribution in [3.8, 4) is 5.75 Å². The van der Waals surface area contributed by atoms with E-state index in [1.165, 1.54) is 19.4 Å². The van der Waals surface area contributed by atoms with Gasteiger partial charge in [-0.15, -0.1) is 0 Å². The van der Waals surface area contributed by atoms with Gasteiger partial charge in [0.05, 0.1) is 12.8 Å². The van der Waals surface area contributed by atoms with E-state index in [-0.39, 0.29) is 11.6 Å². The summed E-state index contributed by atoms with van der Waals surface area (Å²) in [6.45, 7) is 0. The van der Waals surface area contributed by atoms with Gasteiger partial charge in [0.15, 0.2) is 0 Å². The SMILES string of the molecule is COc1cc(N)ccc1NC(=O)c1cc(Cl)ccn1. The van der Waals surface area contributed by atoms with Crippen LogP contribution in [0.25, 0.3) is 0 Å². The molecular weight excluding hydrogens is 266 g/mol. The molecule has 0 atom stereocenters. The first-order chi connectivity index (χ1) is 9.10. The maximum atomic E-state index is 12.0. The molecule has 3 N–H and O–H groups in total. The van der Waals surface area contributed by atoms with Crippen molar-refractivity contribution in [1.82, 2.24) is 4.98 Å². The number of nitrogens with one attached hydrogen (secondary N) is 1. The summed E-state index contributed by atoms with van der Waals surface area (Å²) in [5.41, 5.74) is 6.94. The van der Waals surface area contributed by atoms with Crippen molar-refractivity contribution in [2.75, 3.05) is 18.2 Å². The molecule has 0 saturated heterocycles. The van der Waals surface area contributed by atoms with Gasteiger partial charge in [-0.2, -0.15) is 0 Å². The molecule has 0 aliphatic carbocycles. The van der Waals surface area contributed by atoms with Gasteiger partial charge in [-0.1, -0.05) is 11.6 Å². The number of halogens is 1. The topological polar surface area (TPSA) is 77.2 Å². The highest BCUT2D eigenvalue weighted by Gasteiger charge is 2.11. The molecule has 5 nitrogen and oxygen atoms in total. The normalized spacial score (nSPS) is 10.0. The lowest BCUT2D eigenvalue weighted by Gasteiger charge is -2.10. The van der Waals surface area contributed by atoms with E-state index in [4.69, 9.17) is 22.1 Å². The number of anilines is 2. The lowest BCUT2D eigenvalue weighted by molar-refractivity contribution is 0.102. The van der Waals surface area contributed by atoms with E-state index >= 15 is 0 Å². The third-order valence-corrected chi connectivity index (χ3v) is 2.66. The first-order valence-corrected chi connectivity index (χ1v) is 5.84. The van der Waals surface area contributed by atoms with Crippen molar-refractivity contribution in [2.45, 2.75) is 0 Å². The molecule has 0 aliphatic rings. The van der Waals surface area contributed by atoms with Gasteiger partial charge in [-0.3, -0.25) is 9.78 Å². The summed E-state index contributed by atoms with van der Waals surface area (Å²) in [6.07, 6.45) is 1.47. The summed E-state index contributed by atoms with van der Waals surface area (Å²) in [7, 11) is 1.50. The number of ether oxygens (including phenoxy) is 1. The van der Waals surface area contributed by atoms with Crippen LogP contribution in [0, 0.1) is 0 Å². The number of hydrogen-bond acceptors (Lipinski definition) is 4. The fraction of sp³-hybridized carbons (Fsp3) is 0.0769. The zero-order valence-electron chi connectivity index (χ0n) is 10.2. The molecule has 6 heteroatoms. The Morgan fingerprint density at radius 1 is 1.37 bits per heavy atom. The second-order valence-electron chi connectivity index (χ2n) is 3.77. The van der Waals surface area contributed by atoms with Gasteiger partial charge in [0, 0.05) is 23.0 Å². The van der Waals surface area contributed by atoms with E-state index in [1.54, 1.807) is 24.3 Å². The summed E-state index contributed by atoms with van der Waals surface area (Å²) in [5, 5.41) is 3.14. The number of nitrogens with zero attached hydrogens (tertiary/aromatic N) is 1. The van der Waals surface area contributed by atoms with Crippen molar-refractivity contribution in [3.05, 3.63) is 47.2 Å². The largest absolute Gasteiger partial charge is 0.494 e. The number of hydrogen-bond donors (Lipinski definition) is 2. The van der Waals surface area contributed by atoms with E-state index in [9.17, 15) is 4.79 Å². The molecular formula is C13H12ClN3O2. The summed E-state index contributed by atoms with van der Waals surface area (Å²) in [5.74, 6) is 0.112. The number of nitrogen functional groups attached to an aromatic ring is 1. The Morgan fingerprint density at radius 2 is 2.16 bits per heavy atom. The number of rotatable bonds is 3. The minimum atomic E-state index is -0.370. The van der Waals surface area contributed by atoms with Crippen LogP contribution in [-0.2, 0) is 0 Å². The zero-order valence-corrected chi connectivity index (χ0v) is 10.9. The van der Waals surface area contributed by atoms with Gasteiger partial charge in [0.25, 0.3) is 5.91 Å². The quantitative estimate of drug-likeness (QED) is 0.846. The predicted molar refractivity (Wildman–Crippen MR) is 74.6 cm³/mol. The Balaban J connectivity index is 2.24. The highest BCUT2D eigenvalue weighted by Crippen LogP contribution is 2.27. The molecule has 0 spiro atoms. The number of carbonyl (C=O) groups is 1. The molecule has 0 radical (unpaired) electrons. The van der Waals surface area contributed by atoms with E-state index in [2.05, 4.69) is 10.3 Å². The van der Waals surface area contributed by atoms with Crippen molar-refractivity contribution in [3.63, 3.8) is 0 Å². The first-order valence-electron chi connectivity index (χ1n) is 5.46. The summed E-state index contributed by atoms with van der Waals surface area (Å²) in [4.78, 5) is 15.9. The number of aromatic nitrogens is 1. The highest BCUT2D eigenvalue weighted by molar-refractivity contribution is 6.30.